The lowest BCUT2D eigenvalue weighted by atomic mass is 10.1. The van der Waals surface area contributed by atoms with Gasteiger partial charge in [-0.1, -0.05) is 13.0 Å². The van der Waals surface area contributed by atoms with Gasteiger partial charge in [-0.2, -0.15) is 0 Å². The number of nitrogens with two attached hydrogens (primary N) is 1. The van der Waals surface area contributed by atoms with E-state index in [1.807, 2.05) is 25.1 Å². The molecule has 0 aliphatic carbocycles. The Kier molecular flexibility index (Phi) is 3.64. The highest BCUT2D eigenvalue weighted by Crippen LogP contribution is 2.34. The van der Waals surface area contributed by atoms with Crippen LogP contribution in [-0.2, 0) is 16.3 Å². The van der Waals surface area contributed by atoms with Gasteiger partial charge in [-0.3, -0.25) is 0 Å². The number of sulfone groups is 1. The molecule has 18 heavy (non-hydrogen) atoms. The molecule has 0 saturated carbocycles. The van der Waals surface area contributed by atoms with Crippen LogP contribution in [0.1, 0.15) is 19.4 Å². The molecule has 1 atom stereocenters. The summed E-state index contributed by atoms with van der Waals surface area (Å²) in [6, 6.07) is 5.71. The first kappa shape index (κ1) is 13.4. The maximum atomic E-state index is 12.4. The van der Waals surface area contributed by atoms with Crippen molar-refractivity contribution in [2.75, 3.05) is 24.5 Å². The lowest BCUT2D eigenvalue weighted by Gasteiger charge is -2.34. The second kappa shape index (κ2) is 4.90. The largest absolute Gasteiger partial charge is 0.368 e. The summed E-state index contributed by atoms with van der Waals surface area (Å²) in [6.07, 6.45) is 0.841. The minimum absolute atomic E-state index is 0.372. The van der Waals surface area contributed by atoms with E-state index < -0.39 is 9.84 Å². The summed E-state index contributed by atoms with van der Waals surface area (Å²) in [6.45, 7) is 5.54. The van der Waals surface area contributed by atoms with Gasteiger partial charge in [0.25, 0.3) is 0 Å². The minimum atomic E-state index is -3.19. The highest BCUT2D eigenvalue weighted by molar-refractivity contribution is 7.92. The Morgan fingerprint density at radius 1 is 1.44 bits per heavy atom. The summed E-state index contributed by atoms with van der Waals surface area (Å²) in [5.74, 6) is 0. The Hall–Kier alpha value is -1.07. The fourth-order valence-corrected chi connectivity index (χ4v) is 3.97. The van der Waals surface area contributed by atoms with E-state index in [0.29, 0.717) is 24.5 Å². The first-order valence-electron chi connectivity index (χ1n) is 6.32. The zero-order valence-corrected chi connectivity index (χ0v) is 11.7. The first-order valence-corrected chi connectivity index (χ1v) is 7.87. The van der Waals surface area contributed by atoms with E-state index in [2.05, 4.69) is 4.90 Å². The predicted octanol–water partition coefficient (Wildman–Crippen LogP) is 1.19. The SMILES string of the molecule is CCc1ccc2c(c1)S(=O)(=O)C(C)CN2CCN. The lowest BCUT2D eigenvalue weighted by molar-refractivity contribution is 0.572. The van der Waals surface area contributed by atoms with Crippen molar-refractivity contribution >= 4 is 15.5 Å². The molecule has 0 radical (unpaired) electrons. The monoisotopic (exact) mass is 268 g/mol. The summed E-state index contributed by atoms with van der Waals surface area (Å²) in [7, 11) is -3.19. The summed E-state index contributed by atoms with van der Waals surface area (Å²) in [5.41, 5.74) is 7.45. The highest BCUT2D eigenvalue weighted by Gasteiger charge is 2.34. The molecule has 1 aliphatic heterocycles. The summed E-state index contributed by atoms with van der Waals surface area (Å²) in [4.78, 5) is 2.54. The van der Waals surface area contributed by atoms with Crippen molar-refractivity contribution in [3.05, 3.63) is 23.8 Å². The minimum Gasteiger partial charge on any atom is -0.368 e. The van der Waals surface area contributed by atoms with E-state index in [1.165, 1.54) is 0 Å². The summed E-state index contributed by atoms with van der Waals surface area (Å²) in [5, 5.41) is -0.372. The molecule has 0 aromatic heterocycles. The number of rotatable bonds is 3. The molecule has 0 bridgehead atoms. The highest BCUT2D eigenvalue weighted by atomic mass is 32.2. The van der Waals surface area contributed by atoms with Crippen molar-refractivity contribution in [3.8, 4) is 0 Å². The van der Waals surface area contributed by atoms with Crippen LogP contribution in [0, 0.1) is 0 Å². The number of fused-ring (bicyclic) bond motifs is 1. The van der Waals surface area contributed by atoms with Gasteiger partial charge in [-0.25, -0.2) is 8.42 Å². The third kappa shape index (κ3) is 2.12. The van der Waals surface area contributed by atoms with Crippen LogP contribution in [0.5, 0.6) is 0 Å². The zero-order chi connectivity index (χ0) is 13.3. The van der Waals surface area contributed by atoms with Crippen molar-refractivity contribution in [3.63, 3.8) is 0 Å². The number of nitrogens with zero attached hydrogens (tertiary/aromatic N) is 1. The molecule has 5 heteroatoms. The van der Waals surface area contributed by atoms with Crippen LogP contribution in [-0.4, -0.2) is 33.3 Å². The van der Waals surface area contributed by atoms with Crippen molar-refractivity contribution in [2.45, 2.75) is 30.4 Å². The van der Waals surface area contributed by atoms with Gasteiger partial charge in [0.15, 0.2) is 9.84 Å². The van der Waals surface area contributed by atoms with Crippen LogP contribution in [0.15, 0.2) is 23.1 Å². The molecule has 1 aromatic rings. The average Bonchev–Trinajstić information content (AvgIpc) is 2.36. The van der Waals surface area contributed by atoms with Gasteiger partial charge in [-0.15, -0.1) is 0 Å². The molecule has 100 valence electrons. The molecule has 2 rings (SSSR count). The van der Waals surface area contributed by atoms with Crippen LogP contribution >= 0.6 is 0 Å². The molecule has 0 saturated heterocycles. The molecule has 0 spiro atoms. The van der Waals surface area contributed by atoms with Crippen LogP contribution in [0.2, 0.25) is 0 Å². The number of benzene rings is 1. The second-order valence-electron chi connectivity index (χ2n) is 4.75. The molecule has 1 aliphatic rings. The Morgan fingerprint density at radius 3 is 2.78 bits per heavy atom. The lowest BCUT2D eigenvalue weighted by Crippen LogP contribution is -2.43. The van der Waals surface area contributed by atoms with Crippen molar-refractivity contribution < 1.29 is 8.42 Å². The molecule has 0 amide bonds. The quantitative estimate of drug-likeness (QED) is 0.894. The van der Waals surface area contributed by atoms with E-state index in [4.69, 9.17) is 5.73 Å². The fraction of sp³-hybridized carbons (Fsp3) is 0.538. The van der Waals surface area contributed by atoms with Crippen LogP contribution in [0.3, 0.4) is 0 Å². The molecular weight excluding hydrogens is 248 g/mol. The zero-order valence-electron chi connectivity index (χ0n) is 10.9. The molecule has 2 N–H and O–H groups in total. The maximum Gasteiger partial charge on any atom is 0.184 e. The van der Waals surface area contributed by atoms with Gasteiger partial charge in [0.05, 0.1) is 15.8 Å². The van der Waals surface area contributed by atoms with Crippen molar-refractivity contribution in [1.29, 1.82) is 0 Å². The second-order valence-corrected chi connectivity index (χ2v) is 7.08. The van der Waals surface area contributed by atoms with Crippen LogP contribution in [0.4, 0.5) is 5.69 Å². The maximum absolute atomic E-state index is 12.4. The number of hydrogen-bond donors (Lipinski definition) is 1. The Bertz CT molecular complexity index is 540. The van der Waals surface area contributed by atoms with Gasteiger partial charge in [0.2, 0.25) is 0 Å². The molecule has 1 aromatic carbocycles. The molecule has 4 nitrogen and oxygen atoms in total. The van der Waals surface area contributed by atoms with Gasteiger partial charge < -0.3 is 10.6 Å². The summed E-state index contributed by atoms with van der Waals surface area (Å²) < 4.78 is 24.7. The topological polar surface area (TPSA) is 63.4 Å². The predicted molar refractivity (Wildman–Crippen MR) is 73.7 cm³/mol. The molecule has 1 unspecified atom stereocenters. The molecule has 1 heterocycles. The van der Waals surface area contributed by atoms with Crippen LogP contribution in [0.25, 0.3) is 0 Å². The number of hydrogen-bond acceptors (Lipinski definition) is 4. The molecular formula is C13H20N2O2S. The van der Waals surface area contributed by atoms with E-state index >= 15 is 0 Å². The standard InChI is InChI=1S/C13H20N2O2S/c1-3-11-4-5-12-13(8-11)18(16,17)10(2)9-15(12)7-6-14/h4-5,8,10H,3,6-7,9,14H2,1-2H3. The summed E-state index contributed by atoms with van der Waals surface area (Å²) >= 11 is 0. The smallest absolute Gasteiger partial charge is 0.184 e. The van der Waals surface area contributed by atoms with E-state index in [-0.39, 0.29) is 5.25 Å². The van der Waals surface area contributed by atoms with Crippen molar-refractivity contribution in [1.82, 2.24) is 0 Å². The van der Waals surface area contributed by atoms with Gasteiger partial charge in [0, 0.05) is 19.6 Å². The van der Waals surface area contributed by atoms with Gasteiger partial charge >= 0.3 is 0 Å². The normalized spacial score (nSPS) is 21.7. The Balaban J connectivity index is 2.57. The Labute approximate surface area is 109 Å². The third-order valence-corrected chi connectivity index (χ3v) is 5.63. The average molecular weight is 268 g/mol. The van der Waals surface area contributed by atoms with Crippen molar-refractivity contribution in [2.24, 2.45) is 5.73 Å². The van der Waals surface area contributed by atoms with E-state index in [0.717, 1.165) is 17.7 Å². The third-order valence-electron chi connectivity index (χ3n) is 3.49. The van der Waals surface area contributed by atoms with Crippen LogP contribution < -0.4 is 10.6 Å². The van der Waals surface area contributed by atoms with Gasteiger partial charge in [0.1, 0.15) is 0 Å². The fourth-order valence-electron chi connectivity index (χ4n) is 2.36. The molecule has 0 fully saturated rings. The number of aryl methyl sites for hydroxylation is 1. The Morgan fingerprint density at radius 2 is 2.17 bits per heavy atom. The van der Waals surface area contributed by atoms with E-state index in [9.17, 15) is 8.42 Å². The first-order chi connectivity index (χ1) is 8.50. The number of anilines is 1. The van der Waals surface area contributed by atoms with E-state index in [1.54, 1.807) is 6.92 Å². The van der Waals surface area contributed by atoms with Gasteiger partial charge in [-0.05, 0) is 31.0 Å².